The molecule has 1 aliphatic heterocycles. The van der Waals surface area contributed by atoms with Crippen LogP contribution in [0, 0.1) is 0 Å². The van der Waals surface area contributed by atoms with Gasteiger partial charge in [-0.2, -0.15) is 0 Å². The summed E-state index contributed by atoms with van der Waals surface area (Å²) in [6.45, 7) is 8.63. The monoisotopic (exact) mass is 257 g/mol. The smallest absolute Gasteiger partial charge is 0.307 e. The number of likely N-dealkylation sites (N-methyl/N-ethyl adjacent to an activating group) is 1. The molecular weight excluding hydrogens is 230 g/mol. The molecule has 0 radical (unpaired) electrons. The topological polar surface area (TPSA) is 36.0 Å². The van der Waals surface area contributed by atoms with Gasteiger partial charge in [0.25, 0.3) is 0 Å². The molecule has 0 bridgehead atoms. The van der Waals surface area contributed by atoms with Crippen LogP contribution in [0.25, 0.3) is 0 Å². The lowest BCUT2D eigenvalue weighted by molar-refractivity contribution is -0.142. The van der Waals surface area contributed by atoms with Crippen LogP contribution in [0.4, 0.5) is 0 Å². The van der Waals surface area contributed by atoms with Crippen LogP contribution >= 0.6 is 0 Å². The molecule has 1 aliphatic rings. The number of rotatable bonds is 6. The number of methoxy groups -OCH3 is 1. The lowest BCUT2D eigenvalue weighted by Gasteiger charge is -2.38. The van der Waals surface area contributed by atoms with Gasteiger partial charge in [-0.25, -0.2) is 0 Å². The highest BCUT2D eigenvalue weighted by Gasteiger charge is 2.22. The fourth-order valence-electron chi connectivity index (χ4n) is 2.22. The predicted octanol–water partition coefficient (Wildman–Crippen LogP) is 0.117. The van der Waals surface area contributed by atoms with Gasteiger partial charge in [0.15, 0.2) is 0 Å². The van der Waals surface area contributed by atoms with E-state index in [0.717, 1.165) is 39.3 Å². The average molecular weight is 257 g/mol. The molecule has 1 saturated heterocycles. The van der Waals surface area contributed by atoms with Crippen molar-refractivity contribution in [2.45, 2.75) is 19.4 Å². The van der Waals surface area contributed by atoms with E-state index in [9.17, 15) is 4.79 Å². The third-order valence-corrected chi connectivity index (χ3v) is 3.58. The summed E-state index contributed by atoms with van der Waals surface area (Å²) in [7, 11) is 5.66. The molecule has 5 nitrogen and oxygen atoms in total. The Hall–Kier alpha value is -0.650. The number of esters is 1. The van der Waals surface area contributed by atoms with Gasteiger partial charge in [0.05, 0.1) is 13.5 Å². The zero-order valence-corrected chi connectivity index (χ0v) is 12.2. The minimum atomic E-state index is -0.113. The highest BCUT2D eigenvalue weighted by molar-refractivity contribution is 5.69. The van der Waals surface area contributed by atoms with Gasteiger partial charge in [0.1, 0.15) is 0 Å². The van der Waals surface area contributed by atoms with E-state index in [1.807, 2.05) is 0 Å². The first-order valence-corrected chi connectivity index (χ1v) is 6.71. The maximum atomic E-state index is 11.2. The van der Waals surface area contributed by atoms with Gasteiger partial charge in [-0.05, 0) is 21.0 Å². The van der Waals surface area contributed by atoms with Crippen LogP contribution < -0.4 is 0 Å². The van der Waals surface area contributed by atoms with Crippen molar-refractivity contribution in [3.8, 4) is 0 Å². The SMILES string of the molecule is COC(=O)CC(C)N1CCN(CCN(C)C)CC1. The number of ether oxygens (including phenoxy) is 1. The van der Waals surface area contributed by atoms with Crippen molar-refractivity contribution in [1.82, 2.24) is 14.7 Å². The summed E-state index contributed by atoms with van der Waals surface area (Å²) < 4.78 is 4.72. The van der Waals surface area contributed by atoms with Crippen LogP contribution in [0.3, 0.4) is 0 Å². The molecule has 106 valence electrons. The summed E-state index contributed by atoms with van der Waals surface area (Å²) >= 11 is 0. The zero-order chi connectivity index (χ0) is 13.5. The van der Waals surface area contributed by atoms with Gasteiger partial charge in [0, 0.05) is 45.3 Å². The fourth-order valence-corrected chi connectivity index (χ4v) is 2.22. The van der Waals surface area contributed by atoms with Gasteiger partial charge in [0.2, 0.25) is 0 Å². The maximum Gasteiger partial charge on any atom is 0.307 e. The molecule has 1 unspecified atom stereocenters. The number of nitrogens with zero attached hydrogens (tertiary/aromatic N) is 3. The van der Waals surface area contributed by atoms with Crippen molar-refractivity contribution < 1.29 is 9.53 Å². The van der Waals surface area contributed by atoms with Crippen LogP contribution in [-0.2, 0) is 9.53 Å². The molecule has 1 heterocycles. The zero-order valence-electron chi connectivity index (χ0n) is 12.2. The number of carbonyl (C=O) groups is 1. The lowest BCUT2D eigenvalue weighted by atomic mass is 10.1. The standard InChI is InChI=1S/C13H27N3O2/c1-12(11-13(17)18-4)16-9-7-15(8-10-16)6-5-14(2)3/h12H,5-11H2,1-4H3. The molecule has 0 spiro atoms. The lowest BCUT2D eigenvalue weighted by Crippen LogP contribution is -2.51. The Kier molecular flexibility index (Phi) is 6.60. The van der Waals surface area contributed by atoms with E-state index >= 15 is 0 Å². The minimum absolute atomic E-state index is 0.113. The molecule has 0 N–H and O–H groups in total. The van der Waals surface area contributed by atoms with Crippen LogP contribution in [0.2, 0.25) is 0 Å². The molecule has 0 aromatic carbocycles. The van der Waals surface area contributed by atoms with Crippen molar-refractivity contribution in [2.75, 3.05) is 60.5 Å². The molecule has 18 heavy (non-hydrogen) atoms. The Bertz CT molecular complexity index is 251. The van der Waals surface area contributed by atoms with Crippen LogP contribution in [0.1, 0.15) is 13.3 Å². The molecule has 1 atom stereocenters. The normalized spacial score (nSPS) is 20.1. The first kappa shape index (κ1) is 15.4. The highest BCUT2D eigenvalue weighted by Crippen LogP contribution is 2.09. The van der Waals surface area contributed by atoms with Gasteiger partial charge in [-0.3, -0.25) is 14.6 Å². The van der Waals surface area contributed by atoms with E-state index in [1.54, 1.807) is 0 Å². The summed E-state index contributed by atoms with van der Waals surface area (Å²) in [5.41, 5.74) is 0. The van der Waals surface area contributed by atoms with Crippen molar-refractivity contribution in [1.29, 1.82) is 0 Å². The summed E-state index contributed by atoms with van der Waals surface area (Å²) in [5.74, 6) is -0.113. The predicted molar refractivity (Wildman–Crippen MR) is 72.7 cm³/mol. The van der Waals surface area contributed by atoms with E-state index < -0.39 is 0 Å². The second-order valence-corrected chi connectivity index (χ2v) is 5.31. The molecule has 0 aromatic heterocycles. The van der Waals surface area contributed by atoms with E-state index in [4.69, 9.17) is 4.74 Å². The third-order valence-electron chi connectivity index (χ3n) is 3.58. The molecule has 0 aliphatic carbocycles. The number of carbonyl (C=O) groups excluding carboxylic acids is 1. The summed E-state index contributed by atoms with van der Waals surface area (Å²) in [6.07, 6.45) is 0.494. The van der Waals surface area contributed by atoms with Crippen molar-refractivity contribution in [3.05, 3.63) is 0 Å². The van der Waals surface area contributed by atoms with E-state index in [-0.39, 0.29) is 12.0 Å². The van der Waals surface area contributed by atoms with Gasteiger partial charge in [-0.1, -0.05) is 0 Å². The van der Waals surface area contributed by atoms with Crippen molar-refractivity contribution in [3.63, 3.8) is 0 Å². The Morgan fingerprint density at radius 3 is 2.39 bits per heavy atom. The van der Waals surface area contributed by atoms with Crippen LogP contribution in [0.15, 0.2) is 0 Å². The van der Waals surface area contributed by atoms with E-state index in [2.05, 4.69) is 35.7 Å². The second-order valence-electron chi connectivity index (χ2n) is 5.31. The molecule has 0 saturated carbocycles. The molecular formula is C13H27N3O2. The fraction of sp³-hybridized carbons (Fsp3) is 0.923. The molecule has 5 heteroatoms. The largest absolute Gasteiger partial charge is 0.469 e. The Labute approximate surface area is 111 Å². The third kappa shape index (κ3) is 5.33. The van der Waals surface area contributed by atoms with Crippen LogP contribution in [-0.4, -0.2) is 87.2 Å². The maximum absolute atomic E-state index is 11.2. The Balaban J connectivity index is 2.24. The molecule has 0 amide bonds. The van der Waals surface area contributed by atoms with Gasteiger partial charge < -0.3 is 9.64 Å². The average Bonchev–Trinajstić information content (AvgIpc) is 2.36. The number of hydrogen-bond donors (Lipinski definition) is 0. The number of hydrogen-bond acceptors (Lipinski definition) is 5. The molecule has 1 fully saturated rings. The first-order valence-electron chi connectivity index (χ1n) is 6.71. The highest BCUT2D eigenvalue weighted by atomic mass is 16.5. The van der Waals surface area contributed by atoms with Crippen molar-refractivity contribution >= 4 is 5.97 Å². The Morgan fingerprint density at radius 2 is 1.89 bits per heavy atom. The van der Waals surface area contributed by atoms with E-state index in [1.165, 1.54) is 7.11 Å². The quantitative estimate of drug-likeness (QED) is 0.632. The van der Waals surface area contributed by atoms with Crippen LogP contribution in [0.5, 0.6) is 0 Å². The minimum Gasteiger partial charge on any atom is -0.469 e. The summed E-state index contributed by atoms with van der Waals surface area (Å²) in [6, 6.07) is 0.286. The second kappa shape index (κ2) is 7.71. The Morgan fingerprint density at radius 1 is 1.28 bits per heavy atom. The molecule has 1 rings (SSSR count). The summed E-state index contributed by atoms with van der Waals surface area (Å²) in [5, 5.41) is 0. The van der Waals surface area contributed by atoms with Gasteiger partial charge >= 0.3 is 5.97 Å². The first-order chi connectivity index (χ1) is 8.52. The van der Waals surface area contributed by atoms with E-state index in [0.29, 0.717) is 6.42 Å². The van der Waals surface area contributed by atoms with Crippen molar-refractivity contribution in [2.24, 2.45) is 0 Å². The number of piperazine rings is 1. The van der Waals surface area contributed by atoms with Gasteiger partial charge in [-0.15, -0.1) is 0 Å². The summed E-state index contributed by atoms with van der Waals surface area (Å²) in [4.78, 5) is 18.3. The molecule has 0 aromatic rings.